The molecule has 19 heavy (non-hydrogen) atoms. The zero-order valence-electron chi connectivity index (χ0n) is 11.5. The lowest BCUT2D eigenvalue weighted by Gasteiger charge is -2.24. The van der Waals surface area contributed by atoms with Gasteiger partial charge < -0.3 is 15.6 Å². The number of carbonyl (C=O) groups is 2. The molecule has 1 aromatic heterocycles. The Morgan fingerprint density at radius 2 is 2.05 bits per heavy atom. The van der Waals surface area contributed by atoms with Crippen molar-refractivity contribution in [3.63, 3.8) is 0 Å². The van der Waals surface area contributed by atoms with Crippen LogP contribution in [0.1, 0.15) is 44.9 Å². The Morgan fingerprint density at radius 3 is 2.58 bits per heavy atom. The molecule has 2 rings (SSSR count). The Balaban J connectivity index is 2.35. The maximum atomic E-state index is 11.5. The van der Waals surface area contributed by atoms with Crippen LogP contribution in [0.3, 0.4) is 0 Å². The minimum Gasteiger partial charge on any atom is -0.366 e. The number of primary amides is 1. The molecule has 0 spiro atoms. The number of carbonyl (C=O) groups excluding carboxylic acids is 2. The fraction of sp³-hybridized carbons (Fsp3) is 0.571. The van der Waals surface area contributed by atoms with Gasteiger partial charge in [0.25, 0.3) is 5.91 Å². The average Bonchev–Trinajstić information content (AvgIpc) is 2.62. The third-order valence-electron chi connectivity index (χ3n) is 4.07. The maximum absolute atomic E-state index is 11.5. The monoisotopic (exact) mass is 263 g/mol. The molecular formula is C14H21N3O2. The molecule has 0 saturated carbocycles. The van der Waals surface area contributed by atoms with Gasteiger partial charge in [-0.05, 0) is 51.3 Å². The van der Waals surface area contributed by atoms with Crippen LogP contribution in [0.25, 0.3) is 0 Å². The topological polar surface area (TPSA) is 77.1 Å². The molecule has 0 aromatic carbocycles. The van der Waals surface area contributed by atoms with Gasteiger partial charge in [-0.3, -0.25) is 9.59 Å². The summed E-state index contributed by atoms with van der Waals surface area (Å²) in [4.78, 5) is 22.8. The number of nitrogens with two attached hydrogens (primary N) is 1. The molecule has 2 heterocycles. The highest BCUT2D eigenvalue weighted by atomic mass is 16.1. The number of nitrogens with one attached hydrogen (secondary N) is 1. The van der Waals surface area contributed by atoms with Gasteiger partial charge in [-0.1, -0.05) is 0 Å². The molecule has 5 heteroatoms. The van der Waals surface area contributed by atoms with E-state index < -0.39 is 5.91 Å². The summed E-state index contributed by atoms with van der Waals surface area (Å²) in [6.45, 7) is 6.47. The molecule has 1 aliphatic heterocycles. The zero-order chi connectivity index (χ0) is 14.0. The van der Waals surface area contributed by atoms with Crippen molar-refractivity contribution in [2.75, 3.05) is 13.1 Å². The first-order valence-electron chi connectivity index (χ1n) is 6.71. The minimum absolute atomic E-state index is 0.456. The first kappa shape index (κ1) is 13.8. The van der Waals surface area contributed by atoms with Crippen LogP contribution < -0.4 is 11.1 Å². The van der Waals surface area contributed by atoms with E-state index in [1.165, 1.54) is 0 Å². The predicted octanol–water partition coefficient (Wildman–Crippen LogP) is 1.02. The van der Waals surface area contributed by atoms with E-state index in [1.54, 1.807) is 6.92 Å². The molecule has 0 radical (unpaired) electrons. The second-order valence-electron chi connectivity index (χ2n) is 5.26. The minimum atomic E-state index is -0.456. The summed E-state index contributed by atoms with van der Waals surface area (Å²) >= 11 is 0. The molecule has 0 bridgehead atoms. The number of hydrogen-bond donors (Lipinski definition) is 2. The van der Waals surface area contributed by atoms with Gasteiger partial charge in [0.15, 0.2) is 6.29 Å². The van der Waals surface area contributed by atoms with Crippen LogP contribution in [0.2, 0.25) is 0 Å². The number of nitrogens with zero attached hydrogens (tertiary/aromatic N) is 1. The van der Waals surface area contributed by atoms with E-state index in [1.807, 2.05) is 11.5 Å². The zero-order valence-corrected chi connectivity index (χ0v) is 11.5. The SMILES string of the molecule is Cc1c(C(N)=O)c(C)n(CC2CCNCC2)c1C=O. The van der Waals surface area contributed by atoms with Crippen molar-refractivity contribution in [3.05, 3.63) is 22.5 Å². The number of hydrogen-bond acceptors (Lipinski definition) is 3. The molecular weight excluding hydrogens is 242 g/mol. The Bertz CT molecular complexity index is 499. The van der Waals surface area contributed by atoms with Crippen LogP contribution >= 0.6 is 0 Å². The Morgan fingerprint density at radius 1 is 1.42 bits per heavy atom. The molecule has 1 fully saturated rings. The first-order chi connectivity index (χ1) is 9.06. The van der Waals surface area contributed by atoms with Crippen LogP contribution in [0.15, 0.2) is 0 Å². The molecule has 1 saturated heterocycles. The third kappa shape index (κ3) is 2.56. The summed E-state index contributed by atoms with van der Waals surface area (Å²) in [5, 5.41) is 3.33. The first-order valence-corrected chi connectivity index (χ1v) is 6.71. The number of piperidine rings is 1. The fourth-order valence-corrected chi connectivity index (χ4v) is 2.99. The molecule has 3 N–H and O–H groups in total. The van der Waals surface area contributed by atoms with Gasteiger partial charge >= 0.3 is 0 Å². The van der Waals surface area contributed by atoms with E-state index in [9.17, 15) is 9.59 Å². The lowest BCUT2D eigenvalue weighted by molar-refractivity contribution is 0.0998. The highest BCUT2D eigenvalue weighted by Crippen LogP contribution is 2.24. The van der Waals surface area contributed by atoms with E-state index in [0.717, 1.165) is 44.5 Å². The number of aldehydes is 1. The summed E-state index contributed by atoms with van der Waals surface area (Å²) in [7, 11) is 0. The molecule has 104 valence electrons. The molecule has 5 nitrogen and oxygen atoms in total. The Labute approximate surface area is 113 Å². The van der Waals surface area contributed by atoms with E-state index in [-0.39, 0.29) is 0 Å². The van der Waals surface area contributed by atoms with E-state index in [2.05, 4.69) is 5.32 Å². The van der Waals surface area contributed by atoms with Crippen LogP contribution in [0, 0.1) is 19.8 Å². The number of rotatable bonds is 4. The second-order valence-corrected chi connectivity index (χ2v) is 5.26. The number of amides is 1. The normalized spacial score (nSPS) is 16.5. The van der Waals surface area contributed by atoms with Crippen molar-refractivity contribution in [2.24, 2.45) is 11.7 Å². The molecule has 0 aliphatic carbocycles. The van der Waals surface area contributed by atoms with Crippen molar-refractivity contribution in [2.45, 2.75) is 33.2 Å². The summed E-state index contributed by atoms with van der Waals surface area (Å²) < 4.78 is 1.96. The second kappa shape index (κ2) is 5.57. The Kier molecular flexibility index (Phi) is 4.04. The average molecular weight is 263 g/mol. The molecule has 0 unspecified atom stereocenters. The van der Waals surface area contributed by atoms with Crippen LogP contribution in [0.5, 0.6) is 0 Å². The summed E-state index contributed by atoms with van der Waals surface area (Å²) in [5.41, 5.74) is 8.00. The van der Waals surface area contributed by atoms with Crippen molar-refractivity contribution < 1.29 is 9.59 Å². The Hall–Kier alpha value is -1.62. The number of aromatic nitrogens is 1. The van der Waals surface area contributed by atoms with Crippen LogP contribution in [-0.2, 0) is 6.54 Å². The molecule has 1 amide bonds. The quantitative estimate of drug-likeness (QED) is 0.796. The van der Waals surface area contributed by atoms with E-state index in [0.29, 0.717) is 22.7 Å². The summed E-state index contributed by atoms with van der Waals surface area (Å²) in [6.07, 6.45) is 3.03. The highest BCUT2D eigenvalue weighted by Gasteiger charge is 2.23. The largest absolute Gasteiger partial charge is 0.366 e. The van der Waals surface area contributed by atoms with Crippen LogP contribution in [-0.4, -0.2) is 29.8 Å². The van der Waals surface area contributed by atoms with Crippen molar-refractivity contribution in [1.82, 2.24) is 9.88 Å². The lowest BCUT2D eigenvalue weighted by atomic mass is 9.98. The highest BCUT2D eigenvalue weighted by molar-refractivity contribution is 5.98. The van der Waals surface area contributed by atoms with Gasteiger partial charge in [-0.2, -0.15) is 0 Å². The molecule has 1 aromatic rings. The van der Waals surface area contributed by atoms with Crippen molar-refractivity contribution in [1.29, 1.82) is 0 Å². The lowest BCUT2D eigenvalue weighted by Crippen LogP contribution is -2.30. The standard InChI is InChI=1S/C14H21N3O2/c1-9-12(8-18)17(10(2)13(9)14(15)19)7-11-3-5-16-6-4-11/h8,11,16H,3-7H2,1-2H3,(H2,15,19). The van der Waals surface area contributed by atoms with Gasteiger partial charge in [0.1, 0.15) is 0 Å². The fourth-order valence-electron chi connectivity index (χ4n) is 2.99. The van der Waals surface area contributed by atoms with Gasteiger partial charge in [0.2, 0.25) is 0 Å². The van der Waals surface area contributed by atoms with Gasteiger partial charge in [-0.25, -0.2) is 0 Å². The predicted molar refractivity (Wildman–Crippen MR) is 73.4 cm³/mol. The van der Waals surface area contributed by atoms with E-state index in [4.69, 9.17) is 5.73 Å². The van der Waals surface area contributed by atoms with Crippen molar-refractivity contribution >= 4 is 12.2 Å². The van der Waals surface area contributed by atoms with Gasteiger partial charge in [-0.15, -0.1) is 0 Å². The smallest absolute Gasteiger partial charge is 0.250 e. The van der Waals surface area contributed by atoms with Crippen molar-refractivity contribution in [3.8, 4) is 0 Å². The third-order valence-corrected chi connectivity index (χ3v) is 4.07. The molecule has 1 aliphatic rings. The summed E-state index contributed by atoms with van der Waals surface area (Å²) in [5.74, 6) is 0.0911. The van der Waals surface area contributed by atoms with E-state index >= 15 is 0 Å². The maximum Gasteiger partial charge on any atom is 0.250 e. The summed E-state index contributed by atoms with van der Waals surface area (Å²) in [6, 6.07) is 0. The van der Waals surface area contributed by atoms with Crippen LogP contribution in [0.4, 0.5) is 0 Å². The van der Waals surface area contributed by atoms with Gasteiger partial charge in [0.05, 0.1) is 11.3 Å². The van der Waals surface area contributed by atoms with Gasteiger partial charge in [0, 0.05) is 12.2 Å². The molecule has 0 atom stereocenters.